The van der Waals surface area contributed by atoms with Crippen molar-refractivity contribution in [2.75, 3.05) is 13.2 Å². The second kappa shape index (κ2) is 5.82. The number of hydrogen-bond acceptors (Lipinski definition) is 4. The molecule has 0 saturated carbocycles. The van der Waals surface area contributed by atoms with Gasteiger partial charge >= 0.3 is 5.69 Å². The monoisotopic (exact) mass is 250 g/mol. The van der Waals surface area contributed by atoms with E-state index in [2.05, 4.69) is 5.32 Å². The van der Waals surface area contributed by atoms with Gasteiger partial charge < -0.3 is 10.1 Å². The summed E-state index contributed by atoms with van der Waals surface area (Å²) in [5, 5.41) is 14.3. The Labute approximate surface area is 106 Å². The van der Waals surface area contributed by atoms with Crippen molar-refractivity contribution in [1.82, 2.24) is 5.32 Å². The average molecular weight is 250 g/mol. The van der Waals surface area contributed by atoms with E-state index in [0.29, 0.717) is 18.4 Å². The van der Waals surface area contributed by atoms with E-state index < -0.39 is 0 Å². The standard InChI is InChI=1S/C13H18N2O3/c1-2-10-5-6-13(12(8-10)15(16)17)18-9-11-4-3-7-14-11/h5-6,8,11,14H,2-4,7,9H2,1H3/t11-/m1/s1. The maximum absolute atomic E-state index is 11.0. The number of rotatable bonds is 5. The molecule has 0 aromatic heterocycles. The lowest BCUT2D eigenvalue weighted by Crippen LogP contribution is -2.28. The quantitative estimate of drug-likeness (QED) is 0.643. The molecule has 98 valence electrons. The largest absolute Gasteiger partial charge is 0.485 e. The van der Waals surface area contributed by atoms with E-state index in [9.17, 15) is 10.1 Å². The lowest BCUT2D eigenvalue weighted by molar-refractivity contribution is -0.385. The first-order valence-corrected chi connectivity index (χ1v) is 6.34. The number of hydrogen-bond donors (Lipinski definition) is 1. The van der Waals surface area contributed by atoms with Gasteiger partial charge in [-0.05, 0) is 37.4 Å². The number of aryl methyl sites for hydroxylation is 1. The molecule has 1 N–H and O–H groups in total. The topological polar surface area (TPSA) is 64.4 Å². The molecule has 0 aliphatic carbocycles. The number of nitrogens with one attached hydrogen (secondary N) is 1. The third-order valence-corrected chi connectivity index (χ3v) is 3.23. The van der Waals surface area contributed by atoms with Gasteiger partial charge in [-0.3, -0.25) is 10.1 Å². The molecule has 1 fully saturated rings. The Morgan fingerprint density at radius 2 is 2.39 bits per heavy atom. The zero-order valence-corrected chi connectivity index (χ0v) is 10.5. The van der Waals surface area contributed by atoms with Crippen molar-refractivity contribution in [2.45, 2.75) is 32.2 Å². The fourth-order valence-electron chi connectivity index (χ4n) is 2.14. The number of nitro groups is 1. The van der Waals surface area contributed by atoms with Crippen LogP contribution in [0.5, 0.6) is 5.75 Å². The first kappa shape index (κ1) is 12.8. The molecule has 0 spiro atoms. The maximum atomic E-state index is 11.0. The van der Waals surface area contributed by atoms with Crippen molar-refractivity contribution < 1.29 is 9.66 Å². The van der Waals surface area contributed by atoms with Gasteiger partial charge in [0.15, 0.2) is 5.75 Å². The summed E-state index contributed by atoms with van der Waals surface area (Å²) in [6.45, 7) is 3.47. The van der Waals surface area contributed by atoms with E-state index >= 15 is 0 Å². The molecule has 18 heavy (non-hydrogen) atoms. The Hall–Kier alpha value is -1.62. The molecule has 2 rings (SSSR count). The molecule has 1 aliphatic rings. The van der Waals surface area contributed by atoms with Gasteiger partial charge in [-0.15, -0.1) is 0 Å². The van der Waals surface area contributed by atoms with Gasteiger partial charge in [0.05, 0.1) is 4.92 Å². The Morgan fingerprint density at radius 3 is 3.00 bits per heavy atom. The van der Waals surface area contributed by atoms with Crippen LogP contribution in [0.3, 0.4) is 0 Å². The van der Waals surface area contributed by atoms with E-state index in [-0.39, 0.29) is 10.6 Å². The van der Waals surface area contributed by atoms with Gasteiger partial charge in [0, 0.05) is 12.1 Å². The Balaban J connectivity index is 2.08. The second-order valence-corrected chi connectivity index (χ2v) is 4.52. The van der Waals surface area contributed by atoms with Gasteiger partial charge in [-0.25, -0.2) is 0 Å². The molecular formula is C13H18N2O3. The first-order valence-electron chi connectivity index (χ1n) is 6.34. The van der Waals surface area contributed by atoms with Crippen LogP contribution in [0.25, 0.3) is 0 Å². The van der Waals surface area contributed by atoms with Crippen LogP contribution < -0.4 is 10.1 Å². The molecule has 1 saturated heterocycles. The van der Waals surface area contributed by atoms with Crippen LogP contribution >= 0.6 is 0 Å². The molecule has 1 aromatic carbocycles. The fraction of sp³-hybridized carbons (Fsp3) is 0.538. The SMILES string of the molecule is CCc1ccc(OC[C@H]2CCCN2)c([N+](=O)[O-])c1. The molecule has 1 aliphatic heterocycles. The third kappa shape index (κ3) is 2.98. The number of benzene rings is 1. The van der Waals surface area contributed by atoms with Crippen LogP contribution in [-0.2, 0) is 6.42 Å². The molecule has 1 aromatic rings. The molecule has 1 heterocycles. The third-order valence-electron chi connectivity index (χ3n) is 3.23. The normalized spacial score (nSPS) is 18.8. The van der Waals surface area contributed by atoms with Crippen molar-refractivity contribution >= 4 is 5.69 Å². The van der Waals surface area contributed by atoms with Gasteiger partial charge in [-0.1, -0.05) is 13.0 Å². The van der Waals surface area contributed by atoms with Gasteiger partial charge in [0.25, 0.3) is 0 Å². The molecular weight excluding hydrogens is 232 g/mol. The molecule has 5 heteroatoms. The van der Waals surface area contributed by atoms with E-state index in [1.165, 1.54) is 0 Å². The van der Waals surface area contributed by atoms with Gasteiger partial charge in [0.2, 0.25) is 0 Å². The van der Waals surface area contributed by atoms with Crippen LogP contribution in [0.4, 0.5) is 5.69 Å². The summed E-state index contributed by atoms with van der Waals surface area (Å²) >= 11 is 0. The zero-order chi connectivity index (χ0) is 13.0. The summed E-state index contributed by atoms with van der Waals surface area (Å²) in [6.07, 6.45) is 3.00. The number of nitrogens with zero attached hydrogens (tertiary/aromatic N) is 1. The molecule has 0 unspecified atom stereocenters. The van der Waals surface area contributed by atoms with Crippen molar-refractivity contribution in [3.8, 4) is 5.75 Å². The highest BCUT2D eigenvalue weighted by Gasteiger charge is 2.19. The predicted molar refractivity (Wildman–Crippen MR) is 69.0 cm³/mol. The second-order valence-electron chi connectivity index (χ2n) is 4.52. The average Bonchev–Trinajstić information content (AvgIpc) is 2.89. The number of nitro benzene ring substituents is 1. The molecule has 0 bridgehead atoms. The minimum atomic E-state index is -0.378. The molecule has 0 radical (unpaired) electrons. The maximum Gasteiger partial charge on any atom is 0.311 e. The van der Waals surface area contributed by atoms with E-state index in [4.69, 9.17) is 4.74 Å². The summed E-state index contributed by atoms with van der Waals surface area (Å²) in [5.41, 5.74) is 1.01. The lowest BCUT2D eigenvalue weighted by atomic mass is 10.1. The van der Waals surface area contributed by atoms with Crippen molar-refractivity contribution in [3.63, 3.8) is 0 Å². The summed E-state index contributed by atoms with van der Waals surface area (Å²) in [5.74, 6) is 0.367. The van der Waals surface area contributed by atoms with Crippen LogP contribution in [0.15, 0.2) is 18.2 Å². The van der Waals surface area contributed by atoms with Crippen LogP contribution in [0, 0.1) is 10.1 Å². The molecule has 1 atom stereocenters. The highest BCUT2D eigenvalue weighted by Crippen LogP contribution is 2.28. The van der Waals surface area contributed by atoms with Crippen molar-refractivity contribution in [3.05, 3.63) is 33.9 Å². The summed E-state index contributed by atoms with van der Waals surface area (Å²) in [7, 11) is 0. The summed E-state index contributed by atoms with van der Waals surface area (Å²) in [4.78, 5) is 10.6. The Kier molecular flexibility index (Phi) is 4.15. The van der Waals surface area contributed by atoms with Crippen molar-refractivity contribution in [2.24, 2.45) is 0 Å². The highest BCUT2D eigenvalue weighted by atomic mass is 16.6. The van der Waals surface area contributed by atoms with E-state index in [0.717, 1.165) is 31.4 Å². The van der Waals surface area contributed by atoms with Crippen LogP contribution in [0.2, 0.25) is 0 Å². The fourth-order valence-corrected chi connectivity index (χ4v) is 2.14. The minimum absolute atomic E-state index is 0.0624. The smallest absolute Gasteiger partial charge is 0.311 e. The van der Waals surface area contributed by atoms with Gasteiger partial charge in [0.1, 0.15) is 6.61 Å². The predicted octanol–water partition coefficient (Wildman–Crippen LogP) is 2.29. The van der Waals surface area contributed by atoms with E-state index in [1.807, 2.05) is 13.0 Å². The van der Waals surface area contributed by atoms with Crippen LogP contribution in [0.1, 0.15) is 25.3 Å². The summed E-state index contributed by atoms with van der Waals surface area (Å²) < 4.78 is 5.58. The van der Waals surface area contributed by atoms with E-state index in [1.54, 1.807) is 12.1 Å². The zero-order valence-electron chi connectivity index (χ0n) is 10.5. The van der Waals surface area contributed by atoms with Crippen molar-refractivity contribution in [1.29, 1.82) is 0 Å². The summed E-state index contributed by atoms with van der Waals surface area (Å²) in [6, 6.07) is 5.49. The Bertz CT molecular complexity index is 428. The van der Waals surface area contributed by atoms with Crippen LogP contribution in [-0.4, -0.2) is 24.1 Å². The molecule has 0 amide bonds. The van der Waals surface area contributed by atoms with Gasteiger partial charge in [-0.2, -0.15) is 0 Å². The first-order chi connectivity index (χ1) is 8.70. The number of ether oxygens (including phenoxy) is 1. The Morgan fingerprint density at radius 1 is 1.56 bits per heavy atom. The minimum Gasteiger partial charge on any atom is -0.485 e. The highest BCUT2D eigenvalue weighted by molar-refractivity contribution is 5.48. The lowest BCUT2D eigenvalue weighted by Gasteiger charge is -2.12. The molecule has 5 nitrogen and oxygen atoms in total.